The quantitative estimate of drug-likeness (QED) is 0.587. The smallest absolute Gasteiger partial charge is 0.253 e. The molecular formula is C13H13NO. The Kier molecular flexibility index (Phi) is 1.58. The molecule has 1 aromatic rings. The highest BCUT2D eigenvalue weighted by Gasteiger charge is 2.40. The lowest BCUT2D eigenvalue weighted by atomic mass is 10.0. The van der Waals surface area contributed by atoms with Crippen LogP contribution in [0.15, 0.2) is 30.4 Å². The van der Waals surface area contributed by atoms with Gasteiger partial charge in [0.15, 0.2) is 0 Å². The van der Waals surface area contributed by atoms with Crippen LogP contribution in [0.25, 0.3) is 0 Å². The van der Waals surface area contributed by atoms with Crippen LogP contribution in [-0.4, -0.2) is 11.9 Å². The van der Waals surface area contributed by atoms with Gasteiger partial charge in [0, 0.05) is 17.3 Å². The summed E-state index contributed by atoms with van der Waals surface area (Å²) in [5.74, 6) is 0.114. The van der Waals surface area contributed by atoms with E-state index in [0.29, 0.717) is 6.04 Å². The second-order valence-corrected chi connectivity index (χ2v) is 4.47. The molecule has 3 rings (SSSR count). The summed E-state index contributed by atoms with van der Waals surface area (Å²) in [5.41, 5.74) is 4.42. The molecule has 1 aromatic carbocycles. The van der Waals surface area contributed by atoms with Gasteiger partial charge >= 0.3 is 0 Å². The number of fused-ring (bicyclic) bond motifs is 3. The molecule has 76 valence electrons. The van der Waals surface area contributed by atoms with Gasteiger partial charge in [-0.15, -0.1) is 0 Å². The molecule has 0 saturated carbocycles. The first-order valence-corrected chi connectivity index (χ1v) is 5.27. The molecule has 0 aliphatic carbocycles. The summed E-state index contributed by atoms with van der Waals surface area (Å²) in [4.78, 5) is 13.8. The summed E-state index contributed by atoms with van der Waals surface area (Å²) in [5, 5.41) is 0. The maximum Gasteiger partial charge on any atom is 0.253 e. The third-order valence-corrected chi connectivity index (χ3v) is 3.32. The number of hydrogen-bond donors (Lipinski definition) is 0. The van der Waals surface area contributed by atoms with E-state index in [1.54, 1.807) is 0 Å². The molecule has 0 N–H and O–H groups in total. The van der Waals surface area contributed by atoms with Crippen molar-refractivity contribution in [1.82, 2.24) is 0 Å². The number of hydrogen-bond acceptors (Lipinski definition) is 1. The van der Waals surface area contributed by atoms with Crippen molar-refractivity contribution >= 4 is 11.6 Å². The number of carbonyl (C=O) groups excluding carboxylic acids is 1. The number of benzene rings is 1. The Hall–Kier alpha value is -1.57. The van der Waals surface area contributed by atoms with Crippen molar-refractivity contribution < 1.29 is 4.79 Å². The van der Waals surface area contributed by atoms with Crippen LogP contribution in [-0.2, 0) is 11.2 Å². The molecule has 1 saturated heterocycles. The number of carbonyl (C=O) groups is 1. The third kappa shape index (κ3) is 1.08. The van der Waals surface area contributed by atoms with Crippen molar-refractivity contribution in [2.24, 2.45) is 0 Å². The Morgan fingerprint density at radius 1 is 1.40 bits per heavy atom. The van der Waals surface area contributed by atoms with Crippen molar-refractivity contribution in [3.8, 4) is 0 Å². The zero-order chi connectivity index (χ0) is 10.6. The summed E-state index contributed by atoms with van der Waals surface area (Å²) in [6.07, 6.45) is 1.81. The summed E-state index contributed by atoms with van der Waals surface area (Å²) in [6.45, 7) is 5.90. The van der Waals surface area contributed by atoms with Crippen molar-refractivity contribution in [3.63, 3.8) is 0 Å². The number of amides is 1. The van der Waals surface area contributed by atoms with Crippen LogP contribution < -0.4 is 4.90 Å². The maximum atomic E-state index is 11.9. The fourth-order valence-corrected chi connectivity index (χ4v) is 2.64. The first-order valence-electron chi connectivity index (χ1n) is 5.27. The van der Waals surface area contributed by atoms with Gasteiger partial charge in [-0.3, -0.25) is 4.79 Å². The van der Waals surface area contributed by atoms with Gasteiger partial charge in [0.05, 0.1) is 0 Å². The van der Waals surface area contributed by atoms with Crippen molar-refractivity contribution in [1.29, 1.82) is 0 Å². The van der Waals surface area contributed by atoms with Gasteiger partial charge in [-0.2, -0.15) is 0 Å². The predicted octanol–water partition coefficient (Wildman–Crippen LogP) is 2.21. The van der Waals surface area contributed by atoms with Gasteiger partial charge in [-0.25, -0.2) is 0 Å². The lowest BCUT2D eigenvalue weighted by Gasteiger charge is -2.15. The molecule has 0 spiro atoms. The molecule has 2 aliphatic heterocycles. The molecule has 2 nitrogen and oxygen atoms in total. The van der Waals surface area contributed by atoms with Gasteiger partial charge in [-0.05, 0) is 31.4 Å². The summed E-state index contributed by atoms with van der Waals surface area (Å²) in [7, 11) is 0. The molecule has 15 heavy (non-hydrogen) atoms. The topological polar surface area (TPSA) is 20.3 Å². The minimum absolute atomic E-state index is 0.114. The van der Waals surface area contributed by atoms with Crippen LogP contribution in [0.3, 0.4) is 0 Å². The Labute approximate surface area is 89.2 Å². The monoisotopic (exact) mass is 199 g/mol. The summed E-state index contributed by atoms with van der Waals surface area (Å²) < 4.78 is 0. The van der Waals surface area contributed by atoms with E-state index in [2.05, 4.69) is 31.7 Å². The van der Waals surface area contributed by atoms with Gasteiger partial charge in [0.25, 0.3) is 5.91 Å². The van der Waals surface area contributed by atoms with E-state index in [1.165, 1.54) is 11.1 Å². The molecular weight excluding hydrogens is 186 g/mol. The van der Waals surface area contributed by atoms with Crippen molar-refractivity contribution in [3.05, 3.63) is 41.5 Å². The largest absolute Gasteiger partial charge is 0.305 e. The Morgan fingerprint density at radius 2 is 2.20 bits per heavy atom. The molecule has 2 heteroatoms. The van der Waals surface area contributed by atoms with E-state index >= 15 is 0 Å². The Balaban J connectivity index is 2.11. The van der Waals surface area contributed by atoms with Gasteiger partial charge in [0.2, 0.25) is 0 Å². The summed E-state index contributed by atoms with van der Waals surface area (Å²) in [6, 6.07) is 6.64. The first kappa shape index (κ1) is 8.72. The average molecular weight is 199 g/mol. The maximum absolute atomic E-state index is 11.9. The van der Waals surface area contributed by atoms with Crippen LogP contribution in [0.2, 0.25) is 0 Å². The minimum Gasteiger partial charge on any atom is -0.305 e. The highest BCUT2D eigenvalue weighted by atomic mass is 16.2. The van der Waals surface area contributed by atoms with E-state index in [0.717, 1.165) is 24.1 Å². The second kappa shape index (κ2) is 2.72. The molecule has 1 atom stereocenters. The standard InChI is InChI=1S/C13H13NO/c1-8-3-4-12-10(5-8)7-11-6-9(2)13(15)14(11)12/h3-5,11H,2,6-7H2,1H3. The number of aryl methyl sites for hydroxylation is 1. The molecule has 0 radical (unpaired) electrons. The van der Waals surface area contributed by atoms with Gasteiger partial charge in [0.1, 0.15) is 0 Å². The van der Waals surface area contributed by atoms with Gasteiger partial charge in [-0.1, -0.05) is 24.3 Å². The highest BCUT2D eigenvalue weighted by molar-refractivity contribution is 6.09. The minimum atomic E-state index is 0.114. The average Bonchev–Trinajstić information content (AvgIpc) is 2.64. The molecule has 1 fully saturated rings. The van der Waals surface area contributed by atoms with Crippen LogP contribution in [0.5, 0.6) is 0 Å². The fraction of sp³-hybridized carbons (Fsp3) is 0.308. The SMILES string of the molecule is C=C1CC2Cc3cc(C)ccc3N2C1=O. The van der Waals surface area contributed by atoms with Crippen LogP contribution in [0, 0.1) is 6.92 Å². The van der Waals surface area contributed by atoms with Crippen molar-refractivity contribution in [2.45, 2.75) is 25.8 Å². The van der Waals surface area contributed by atoms with E-state index in [-0.39, 0.29) is 5.91 Å². The van der Waals surface area contributed by atoms with E-state index in [9.17, 15) is 4.79 Å². The Morgan fingerprint density at radius 3 is 3.00 bits per heavy atom. The Bertz CT molecular complexity index is 475. The van der Waals surface area contributed by atoms with Crippen molar-refractivity contribution in [2.75, 3.05) is 4.90 Å². The summed E-state index contributed by atoms with van der Waals surface area (Å²) >= 11 is 0. The second-order valence-electron chi connectivity index (χ2n) is 4.47. The van der Waals surface area contributed by atoms with Crippen LogP contribution >= 0.6 is 0 Å². The predicted molar refractivity (Wildman–Crippen MR) is 59.9 cm³/mol. The molecule has 0 bridgehead atoms. The lowest BCUT2D eigenvalue weighted by Crippen LogP contribution is -2.28. The molecule has 1 amide bonds. The van der Waals surface area contributed by atoms with E-state index in [4.69, 9.17) is 0 Å². The zero-order valence-corrected chi connectivity index (χ0v) is 8.79. The molecule has 1 unspecified atom stereocenters. The number of nitrogens with zero attached hydrogens (tertiary/aromatic N) is 1. The first-order chi connectivity index (χ1) is 7.16. The lowest BCUT2D eigenvalue weighted by molar-refractivity contribution is -0.114. The van der Waals surface area contributed by atoms with E-state index < -0.39 is 0 Å². The van der Waals surface area contributed by atoms with Gasteiger partial charge < -0.3 is 4.90 Å². The fourth-order valence-electron chi connectivity index (χ4n) is 2.64. The zero-order valence-electron chi connectivity index (χ0n) is 8.79. The highest BCUT2D eigenvalue weighted by Crippen LogP contribution is 2.40. The van der Waals surface area contributed by atoms with E-state index in [1.807, 2.05) is 4.90 Å². The molecule has 2 aliphatic rings. The molecule has 0 aromatic heterocycles. The van der Waals surface area contributed by atoms with Crippen LogP contribution in [0.1, 0.15) is 17.5 Å². The third-order valence-electron chi connectivity index (χ3n) is 3.32. The number of rotatable bonds is 0. The van der Waals surface area contributed by atoms with Crippen LogP contribution in [0.4, 0.5) is 5.69 Å². The number of anilines is 1. The molecule has 2 heterocycles. The normalized spacial score (nSPS) is 23.3.